The number of hydrogen-bond donors (Lipinski definition) is 0. The van der Waals surface area contributed by atoms with E-state index in [2.05, 4.69) is 59.5 Å². The molecule has 2 nitrogen and oxygen atoms in total. The highest BCUT2D eigenvalue weighted by molar-refractivity contribution is 5.86. The Balaban J connectivity index is 1.64. The Bertz CT molecular complexity index is 637. The standard InChI is InChI=1S/C19H19NO/c21-18-13-20-12-16(14-7-3-1-4-8-14)11-17(18)19(20)15-9-5-2-6-10-15/h1-10,16-17,19H,11-13H2/t16-,17?,19-/m0/s1. The van der Waals surface area contributed by atoms with Gasteiger partial charge in [0.15, 0.2) is 5.78 Å². The average molecular weight is 277 g/mol. The van der Waals surface area contributed by atoms with Gasteiger partial charge in [-0.05, 0) is 23.5 Å². The topological polar surface area (TPSA) is 20.3 Å². The monoisotopic (exact) mass is 277 g/mol. The lowest BCUT2D eigenvalue weighted by Gasteiger charge is -2.37. The fourth-order valence-corrected chi connectivity index (χ4v) is 4.01. The molecule has 2 heteroatoms. The van der Waals surface area contributed by atoms with Gasteiger partial charge in [0, 0.05) is 18.5 Å². The van der Waals surface area contributed by atoms with Crippen molar-refractivity contribution in [2.75, 3.05) is 13.1 Å². The zero-order chi connectivity index (χ0) is 14.2. The number of carbonyl (C=O) groups excluding carboxylic acids is 1. The van der Waals surface area contributed by atoms with Crippen molar-refractivity contribution < 1.29 is 4.79 Å². The molecule has 2 fully saturated rings. The fraction of sp³-hybridized carbons (Fsp3) is 0.316. The minimum atomic E-state index is 0.159. The number of fused-ring (bicyclic) bond motifs is 2. The van der Waals surface area contributed by atoms with E-state index in [1.165, 1.54) is 11.1 Å². The number of piperidine rings is 1. The lowest BCUT2D eigenvalue weighted by atomic mass is 9.79. The van der Waals surface area contributed by atoms with Crippen LogP contribution in [0.25, 0.3) is 0 Å². The highest BCUT2D eigenvalue weighted by atomic mass is 16.1. The first-order chi connectivity index (χ1) is 10.3. The van der Waals surface area contributed by atoms with E-state index in [0.29, 0.717) is 24.3 Å². The molecule has 21 heavy (non-hydrogen) atoms. The van der Waals surface area contributed by atoms with Crippen LogP contribution >= 0.6 is 0 Å². The molecule has 106 valence electrons. The lowest BCUT2D eigenvalue weighted by molar-refractivity contribution is -0.120. The smallest absolute Gasteiger partial charge is 0.151 e. The second-order valence-corrected chi connectivity index (χ2v) is 6.20. The van der Waals surface area contributed by atoms with Gasteiger partial charge in [0.2, 0.25) is 0 Å². The van der Waals surface area contributed by atoms with Crippen molar-refractivity contribution in [2.24, 2.45) is 5.92 Å². The van der Waals surface area contributed by atoms with E-state index in [1.807, 2.05) is 6.07 Å². The molecule has 4 atom stereocenters. The van der Waals surface area contributed by atoms with Crippen LogP contribution < -0.4 is 0 Å². The summed E-state index contributed by atoms with van der Waals surface area (Å²) >= 11 is 0. The first-order valence-electron chi connectivity index (χ1n) is 7.69. The van der Waals surface area contributed by atoms with Crippen molar-refractivity contribution in [3.8, 4) is 0 Å². The summed E-state index contributed by atoms with van der Waals surface area (Å²) in [6, 6.07) is 21.4. The number of rotatable bonds is 2. The summed E-state index contributed by atoms with van der Waals surface area (Å²) in [7, 11) is 0. The normalized spacial score (nSPS) is 31.3. The zero-order valence-corrected chi connectivity index (χ0v) is 12.0. The van der Waals surface area contributed by atoms with Gasteiger partial charge in [-0.1, -0.05) is 60.7 Å². The minimum absolute atomic E-state index is 0.159. The molecule has 2 aromatic rings. The van der Waals surface area contributed by atoms with Gasteiger partial charge in [-0.2, -0.15) is 0 Å². The molecule has 2 aliphatic heterocycles. The van der Waals surface area contributed by atoms with Crippen molar-refractivity contribution in [1.29, 1.82) is 0 Å². The molecule has 0 aliphatic carbocycles. The highest BCUT2D eigenvalue weighted by Crippen LogP contribution is 2.46. The third-order valence-electron chi connectivity index (χ3n) is 4.95. The molecule has 2 saturated heterocycles. The van der Waals surface area contributed by atoms with Crippen LogP contribution in [0.1, 0.15) is 29.5 Å². The van der Waals surface area contributed by atoms with E-state index in [-0.39, 0.29) is 5.92 Å². The molecule has 0 N–H and O–H groups in total. The molecule has 0 saturated carbocycles. The van der Waals surface area contributed by atoms with Crippen LogP contribution in [-0.4, -0.2) is 23.8 Å². The average Bonchev–Trinajstić information content (AvgIpc) is 2.74. The van der Waals surface area contributed by atoms with Crippen LogP contribution in [-0.2, 0) is 4.79 Å². The van der Waals surface area contributed by atoms with Crippen molar-refractivity contribution in [2.45, 2.75) is 18.4 Å². The maximum absolute atomic E-state index is 12.4. The summed E-state index contributed by atoms with van der Waals surface area (Å²) in [4.78, 5) is 14.8. The second-order valence-electron chi connectivity index (χ2n) is 6.20. The third-order valence-corrected chi connectivity index (χ3v) is 4.95. The fourth-order valence-electron chi connectivity index (χ4n) is 4.01. The quantitative estimate of drug-likeness (QED) is 0.838. The van der Waals surface area contributed by atoms with Gasteiger partial charge in [0.05, 0.1) is 6.54 Å². The maximum Gasteiger partial charge on any atom is 0.151 e. The van der Waals surface area contributed by atoms with E-state index in [9.17, 15) is 4.79 Å². The molecule has 2 unspecified atom stereocenters. The predicted molar refractivity (Wildman–Crippen MR) is 83.1 cm³/mol. The van der Waals surface area contributed by atoms with Crippen LogP contribution in [0.2, 0.25) is 0 Å². The summed E-state index contributed by atoms with van der Waals surface area (Å²) in [5, 5.41) is 0. The molecule has 0 amide bonds. The van der Waals surface area contributed by atoms with Crippen molar-refractivity contribution >= 4 is 5.78 Å². The van der Waals surface area contributed by atoms with Gasteiger partial charge < -0.3 is 0 Å². The van der Waals surface area contributed by atoms with Gasteiger partial charge >= 0.3 is 0 Å². The Kier molecular flexibility index (Phi) is 3.12. The van der Waals surface area contributed by atoms with Crippen LogP contribution in [0.15, 0.2) is 60.7 Å². The molecule has 2 aliphatic rings. The summed E-state index contributed by atoms with van der Waals surface area (Å²) in [6.45, 7) is 1.61. The SMILES string of the molecule is O=C1CN2C[C@@H](c3ccccc3)CC1[C@@H]2c1ccccc1. The summed E-state index contributed by atoms with van der Waals surface area (Å²) in [6.07, 6.45) is 0.985. The number of Topliss-reactive ketones (excluding diaryl/α,β-unsaturated/α-hetero) is 1. The Hall–Kier alpha value is -1.93. The van der Waals surface area contributed by atoms with E-state index in [0.717, 1.165) is 13.0 Å². The molecule has 2 bridgehead atoms. The van der Waals surface area contributed by atoms with Crippen molar-refractivity contribution in [3.05, 3.63) is 71.8 Å². The van der Waals surface area contributed by atoms with Crippen LogP contribution in [0.4, 0.5) is 0 Å². The van der Waals surface area contributed by atoms with Gasteiger partial charge in [0.1, 0.15) is 0 Å². The van der Waals surface area contributed by atoms with Crippen LogP contribution in [0.3, 0.4) is 0 Å². The molecule has 2 aromatic carbocycles. The largest absolute Gasteiger partial charge is 0.298 e. The summed E-state index contributed by atoms with van der Waals surface area (Å²) in [5.41, 5.74) is 2.66. The molecular weight excluding hydrogens is 258 g/mol. The Labute approximate surface area is 125 Å². The first-order valence-corrected chi connectivity index (χ1v) is 7.69. The summed E-state index contributed by atoms with van der Waals surface area (Å²) in [5.74, 6) is 1.07. The minimum Gasteiger partial charge on any atom is -0.298 e. The van der Waals surface area contributed by atoms with Crippen molar-refractivity contribution in [3.63, 3.8) is 0 Å². The number of benzene rings is 2. The van der Waals surface area contributed by atoms with Crippen LogP contribution in [0, 0.1) is 5.92 Å². The Morgan fingerprint density at radius 1 is 0.857 bits per heavy atom. The molecule has 0 spiro atoms. The lowest BCUT2D eigenvalue weighted by Crippen LogP contribution is -2.35. The number of hydrogen-bond acceptors (Lipinski definition) is 2. The van der Waals surface area contributed by atoms with Gasteiger partial charge in [-0.25, -0.2) is 0 Å². The molecular formula is C19H19NO. The maximum atomic E-state index is 12.4. The zero-order valence-electron chi connectivity index (χ0n) is 12.0. The molecule has 4 rings (SSSR count). The highest BCUT2D eigenvalue weighted by Gasteiger charge is 2.46. The second kappa shape index (κ2) is 5.12. The van der Waals surface area contributed by atoms with E-state index < -0.39 is 0 Å². The van der Waals surface area contributed by atoms with Crippen molar-refractivity contribution in [1.82, 2.24) is 4.90 Å². The number of carbonyl (C=O) groups is 1. The third kappa shape index (κ3) is 2.20. The van der Waals surface area contributed by atoms with Gasteiger partial charge in [0.25, 0.3) is 0 Å². The Morgan fingerprint density at radius 3 is 2.10 bits per heavy atom. The van der Waals surface area contributed by atoms with Gasteiger partial charge in [-0.15, -0.1) is 0 Å². The van der Waals surface area contributed by atoms with Gasteiger partial charge in [-0.3, -0.25) is 9.69 Å². The number of nitrogens with zero attached hydrogens (tertiary/aromatic N) is 1. The molecule has 0 aromatic heterocycles. The Morgan fingerprint density at radius 2 is 1.48 bits per heavy atom. The molecule has 0 radical (unpaired) electrons. The van der Waals surface area contributed by atoms with E-state index in [1.54, 1.807) is 0 Å². The summed E-state index contributed by atoms with van der Waals surface area (Å²) < 4.78 is 0. The predicted octanol–water partition coefficient (Wildman–Crippen LogP) is 3.42. The number of ketones is 1. The van der Waals surface area contributed by atoms with E-state index in [4.69, 9.17) is 0 Å². The first kappa shape index (κ1) is 12.8. The van der Waals surface area contributed by atoms with Crippen LogP contribution in [0.5, 0.6) is 0 Å². The van der Waals surface area contributed by atoms with E-state index >= 15 is 0 Å². The molecule has 2 heterocycles.